The van der Waals surface area contributed by atoms with E-state index in [4.69, 9.17) is 0 Å². The summed E-state index contributed by atoms with van der Waals surface area (Å²) in [6, 6.07) is 8.63. The van der Waals surface area contributed by atoms with Crippen LogP contribution in [0, 0.1) is 0 Å². The molecule has 2 fully saturated rings. The van der Waals surface area contributed by atoms with Crippen LogP contribution in [0.4, 0.5) is 5.69 Å². The number of aromatic nitrogens is 3. The summed E-state index contributed by atoms with van der Waals surface area (Å²) in [7, 11) is 0. The second-order valence-electron chi connectivity index (χ2n) is 6.68. The lowest BCUT2D eigenvalue weighted by Gasteiger charge is -2.29. The summed E-state index contributed by atoms with van der Waals surface area (Å²) in [6.45, 7) is 2.28. The van der Waals surface area contributed by atoms with Crippen molar-refractivity contribution in [2.75, 3.05) is 18.0 Å². The third-order valence-corrected chi connectivity index (χ3v) is 5.24. The van der Waals surface area contributed by atoms with Gasteiger partial charge in [-0.3, -0.25) is 0 Å². The van der Waals surface area contributed by atoms with Crippen molar-refractivity contribution in [3.05, 3.63) is 35.7 Å². The van der Waals surface area contributed by atoms with Crippen LogP contribution in [-0.4, -0.2) is 33.2 Å². The zero-order valence-corrected chi connectivity index (χ0v) is 13.5. The average molecular weight is 312 g/mol. The molecule has 1 aromatic carbocycles. The standard InChI is InChI=1S/C18H24N4O/c23-13-17-18(14-5-4-6-14)22(20-19-17)16-9-7-15(8-10-16)21-11-2-1-3-12-21/h7-10,14,23H,1-6,11-13H2. The Balaban J connectivity index is 1.61. The molecule has 0 bridgehead atoms. The van der Waals surface area contributed by atoms with Gasteiger partial charge in [0.05, 0.1) is 18.0 Å². The Morgan fingerprint density at radius 3 is 2.26 bits per heavy atom. The summed E-state index contributed by atoms with van der Waals surface area (Å²) in [5, 5.41) is 18.0. The molecule has 2 aromatic rings. The highest BCUT2D eigenvalue weighted by molar-refractivity contribution is 5.51. The van der Waals surface area contributed by atoms with Gasteiger partial charge in [-0.25, -0.2) is 4.68 Å². The number of benzene rings is 1. The fourth-order valence-electron chi connectivity index (χ4n) is 3.67. The topological polar surface area (TPSA) is 54.2 Å². The maximum atomic E-state index is 9.54. The largest absolute Gasteiger partial charge is 0.390 e. The van der Waals surface area contributed by atoms with Crippen LogP contribution < -0.4 is 4.90 Å². The normalized spacial score (nSPS) is 18.9. The first-order valence-corrected chi connectivity index (χ1v) is 8.77. The number of aliphatic hydroxyl groups is 1. The van der Waals surface area contributed by atoms with Crippen LogP contribution in [0.25, 0.3) is 5.69 Å². The smallest absolute Gasteiger partial charge is 0.112 e. The first kappa shape index (κ1) is 14.7. The Kier molecular flexibility index (Phi) is 4.04. The van der Waals surface area contributed by atoms with Gasteiger partial charge in [0, 0.05) is 24.7 Å². The highest BCUT2D eigenvalue weighted by atomic mass is 16.3. The lowest BCUT2D eigenvalue weighted by atomic mass is 9.82. The molecule has 4 rings (SSSR count). The molecule has 122 valence electrons. The Bertz CT molecular complexity index is 654. The van der Waals surface area contributed by atoms with E-state index in [0.717, 1.165) is 30.2 Å². The van der Waals surface area contributed by atoms with E-state index < -0.39 is 0 Å². The molecule has 0 unspecified atom stereocenters. The van der Waals surface area contributed by atoms with E-state index in [2.05, 4.69) is 39.5 Å². The van der Waals surface area contributed by atoms with Crippen LogP contribution in [0.1, 0.15) is 55.8 Å². The summed E-state index contributed by atoms with van der Waals surface area (Å²) in [4.78, 5) is 2.46. The van der Waals surface area contributed by atoms with Gasteiger partial charge in [-0.05, 0) is 56.4 Å². The summed E-state index contributed by atoms with van der Waals surface area (Å²) in [5.74, 6) is 0.494. The van der Waals surface area contributed by atoms with Crippen molar-refractivity contribution in [3.63, 3.8) is 0 Å². The number of anilines is 1. The minimum atomic E-state index is -0.0301. The minimum absolute atomic E-state index is 0.0301. The molecule has 0 amide bonds. The predicted octanol–water partition coefficient (Wildman–Crippen LogP) is 3.02. The van der Waals surface area contributed by atoms with Gasteiger partial charge in [0.25, 0.3) is 0 Å². The molecule has 23 heavy (non-hydrogen) atoms. The maximum Gasteiger partial charge on any atom is 0.112 e. The van der Waals surface area contributed by atoms with Gasteiger partial charge < -0.3 is 10.0 Å². The molecule has 1 aliphatic heterocycles. The van der Waals surface area contributed by atoms with Crippen molar-refractivity contribution >= 4 is 5.69 Å². The number of hydrogen-bond acceptors (Lipinski definition) is 4. The van der Waals surface area contributed by atoms with E-state index in [0.29, 0.717) is 5.92 Å². The fourth-order valence-corrected chi connectivity index (χ4v) is 3.67. The van der Waals surface area contributed by atoms with Crippen LogP contribution in [0.5, 0.6) is 0 Å². The van der Waals surface area contributed by atoms with E-state index in [1.165, 1.54) is 44.2 Å². The molecule has 1 aromatic heterocycles. The summed E-state index contributed by atoms with van der Waals surface area (Å²) < 4.78 is 1.93. The number of rotatable bonds is 4. The van der Waals surface area contributed by atoms with Crippen LogP contribution in [0.2, 0.25) is 0 Å². The quantitative estimate of drug-likeness (QED) is 0.943. The van der Waals surface area contributed by atoms with E-state index in [9.17, 15) is 5.11 Å². The van der Waals surface area contributed by atoms with Crippen molar-refractivity contribution in [1.29, 1.82) is 0 Å². The van der Waals surface area contributed by atoms with Crippen LogP contribution in [0.15, 0.2) is 24.3 Å². The number of piperidine rings is 1. The molecule has 1 N–H and O–H groups in total. The molecule has 2 heterocycles. The summed E-state index contributed by atoms with van der Waals surface area (Å²) >= 11 is 0. The van der Waals surface area contributed by atoms with Crippen molar-refractivity contribution in [2.45, 2.75) is 51.0 Å². The Hall–Kier alpha value is -1.88. The van der Waals surface area contributed by atoms with Gasteiger partial charge in [0.1, 0.15) is 5.69 Å². The molecule has 0 spiro atoms. The number of nitrogens with zero attached hydrogens (tertiary/aromatic N) is 4. The molecular weight excluding hydrogens is 288 g/mol. The second-order valence-corrected chi connectivity index (χ2v) is 6.68. The SMILES string of the molecule is OCc1nnn(-c2ccc(N3CCCCC3)cc2)c1C1CCC1. The Morgan fingerprint density at radius 2 is 1.65 bits per heavy atom. The van der Waals surface area contributed by atoms with Crippen molar-refractivity contribution in [1.82, 2.24) is 15.0 Å². The summed E-state index contributed by atoms with van der Waals surface area (Å²) in [5.41, 5.74) is 4.17. The molecule has 5 nitrogen and oxygen atoms in total. The van der Waals surface area contributed by atoms with E-state index in [-0.39, 0.29) is 6.61 Å². The van der Waals surface area contributed by atoms with Crippen molar-refractivity contribution < 1.29 is 5.11 Å². The fraction of sp³-hybridized carbons (Fsp3) is 0.556. The molecule has 0 atom stereocenters. The highest BCUT2D eigenvalue weighted by Gasteiger charge is 2.28. The Labute approximate surface area is 136 Å². The monoisotopic (exact) mass is 312 g/mol. The summed E-state index contributed by atoms with van der Waals surface area (Å²) in [6.07, 6.45) is 7.53. The average Bonchev–Trinajstić information content (AvgIpc) is 2.98. The van der Waals surface area contributed by atoms with Crippen molar-refractivity contribution in [3.8, 4) is 5.69 Å². The molecule has 2 aliphatic rings. The highest BCUT2D eigenvalue weighted by Crippen LogP contribution is 2.38. The lowest BCUT2D eigenvalue weighted by molar-refractivity contribution is 0.272. The first-order chi connectivity index (χ1) is 11.4. The van der Waals surface area contributed by atoms with E-state index in [1.54, 1.807) is 0 Å². The van der Waals surface area contributed by atoms with Crippen molar-refractivity contribution in [2.24, 2.45) is 0 Å². The molecule has 0 radical (unpaired) electrons. The first-order valence-electron chi connectivity index (χ1n) is 8.77. The zero-order valence-electron chi connectivity index (χ0n) is 13.5. The third kappa shape index (κ3) is 2.74. The third-order valence-electron chi connectivity index (χ3n) is 5.24. The molecule has 1 saturated carbocycles. The lowest BCUT2D eigenvalue weighted by Crippen LogP contribution is -2.29. The minimum Gasteiger partial charge on any atom is -0.390 e. The van der Waals surface area contributed by atoms with Crippen LogP contribution >= 0.6 is 0 Å². The van der Waals surface area contributed by atoms with Gasteiger partial charge in [-0.15, -0.1) is 5.10 Å². The van der Waals surface area contributed by atoms with E-state index >= 15 is 0 Å². The van der Waals surface area contributed by atoms with Crippen LogP contribution in [-0.2, 0) is 6.61 Å². The van der Waals surface area contributed by atoms with Gasteiger partial charge in [-0.1, -0.05) is 11.6 Å². The van der Waals surface area contributed by atoms with Crippen LogP contribution in [0.3, 0.4) is 0 Å². The Morgan fingerprint density at radius 1 is 0.957 bits per heavy atom. The molecule has 5 heteroatoms. The molecule has 1 saturated heterocycles. The molecule has 1 aliphatic carbocycles. The van der Waals surface area contributed by atoms with E-state index in [1.807, 2.05) is 4.68 Å². The maximum absolute atomic E-state index is 9.54. The molecular formula is C18H24N4O. The predicted molar refractivity (Wildman–Crippen MR) is 89.9 cm³/mol. The van der Waals surface area contributed by atoms with Gasteiger partial charge in [-0.2, -0.15) is 0 Å². The van der Waals surface area contributed by atoms with Gasteiger partial charge in [0.2, 0.25) is 0 Å². The zero-order chi connectivity index (χ0) is 15.6. The van der Waals surface area contributed by atoms with Gasteiger partial charge >= 0.3 is 0 Å². The number of aliphatic hydroxyl groups excluding tert-OH is 1. The number of hydrogen-bond donors (Lipinski definition) is 1. The van der Waals surface area contributed by atoms with Gasteiger partial charge in [0.15, 0.2) is 0 Å². The second kappa shape index (κ2) is 6.32.